The molecule has 1 atom stereocenters. The van der Waals surface area contributed by atoms with Crippen LogP contribution in [0.5, 0.6) is 5.75 Å². The molecule has 0 heterocycles. The van der Waals surface area contributed by atoms with E-state index in [0.717, 1.165) is 11.1 Å². The van der Waals surface area contributed by atoms with E-state index in [1.54, 1.807) is 37.3 Å². The molecule has 0 radical (unpaired) electrons. The summed E-state index contributed by atoms with van der Waals surface area (Å²) in [5, 5.41) is 11.6. The van der Waals surface area contributed by atoms with Crippen LogP contribution >= 0.6 is 0 Å². The van der Waals surface area contributed by atoms with Gasteiger partial charge in [-0.25, -0.2) is 5.01 Å². The third-order valence-corrected chi connectivity index (χ3v) is 5.20. The molecule has 0 aliphatic rings. The van der Waals surface area contributed by atoms with Crippen LogP contribution in [0.1, 0.15) is 84.0 Å². The van der Waals surface area contributed by atoms with Crippen LogP contribution in [-0.4, -0.2) is 28.1 Å². The maximum atomic E-state index is 13.4. The molecule has 4 N–H and O–H groups in total. The Hall–Kier alpha value is -3.12. The van der Waals surface area contributed by atoms with Gasteiger partial charge in [0.2, 0.25) is 0 Å². The van der Waals surface area contributed by atoms with Crippen molar-refractivity contribution in [2.45, 2.75) is 74.4 Å². The maximum absolute atomic E-state index is 13.4. The number of carbonyl (C=O) groups is 2. The number of nitrogens with two attached hydrogens (primary N) is 1. The predicted molar refractivity (Wildman–Crippen MR) is 140 cm³/mol. The number of nitrogens with one attached hydrogen (secondary N) is 1. The number of hydrogen-bond acceptors (Lipinski definition) is 4. The molecule has 0 bridgehead atoms. The fourth-order valence-corrected chi connectivity index (χ4v) is 3.36. The number of phenols is 1. The van der Waals surface area contributed by atoms with Crippen LogP contribution in [0.25, 0.3) is 0 Å². The third-order valence-electron chi connectivity index (χ3n) is 5.20. The van der Waals surface area contributed by atoms with Crippen LogP contribution in [0.15, 0.2) is 43.0 Å². The van der Waals surface area contributed by atoms with Crippen molar-refractivity contribution in [2.75, 3.05) is 0 Å². The van der Waals surface area contributed by atoms with Crippen LogP contribution in [0.4, 0.5) is 0 Å². The van der Waals surface area contributed by atoms with Gasteiger partial charge in [0.1, 0.15) is 11.9 Å². The van der Waals surface area contributed by atoms with Crippen molar-refractivity contribution in [3.63, 3.8) is 0 Å². The molecular formula is C28H41N3O3. The van der Waals surface area contributed by atoms with Gasteiger partial charge in [0.15, 0.2) is 0 Å². The standard InChI is InChI=1S/C25H33N3O3.C3H8/c1-8-9-18-10-11-20(17(4)21(18)29)22(30)27-28(24(26)25(5,6)7)23(31)19-13-15(2)12-16(3)14-19;1-3-2/h8,10-14,24,29H,1,9,26H2,2-7H3,(H,27,30);3H2,1-2H3. The minimum absolute atomic E-state index is 0.0415. The molecule has 2 aromatic rings. The summed E-state index contributed by atoms with van der Waals surface area (Å²) in [6, 6.07) is 8.82. The zero-order valence-corrected chi connectivity index (χ0v) is 22.0. The average Bonchev–Trinajstić information content (AvgIpc) is 2.73. The summed E-state index contributed by atoms with van der Waals surface area (Å²) in [4.78, 5) is 26.5. The molecule has 6 heteroatoms. The number of hydrogen-bond donors (Lipinski definition) is 3. The molecule has 0 aliphatic heterocycles. The van der Waals surface area contributed by atoms with Gasteiger partial charge in [0.25, 0.3) is 11.8 Å². The maximum Gasteiger partial charge on any atom is 0.273 e. The number of benzene rings is 2. The summed E-state index contributed by atoms with van der Waals surface area (Å²) in [5.74, 6) is -0.872. The lowest BCUT2D eigenvalue weighted by molar-refractivity contribution is 0.0309. The first kappa shape index (κ1) is 28.9. The largest absolute Gasteiger partial charge is 0.507 e. The number of hydrazine groups is 1. The topological polar surface area (TPSA) is 95.7 Å². The molecule has 0 aromatic heterocycles. The summed E-state index contributed by atoms with van der Waals surface area (Å²) in [6.45, 7) is 19.1. The minimum atomic E-state index is -0.779. The normalized spacial score (nSPS) is 11.7. The molecule has 0 aliphatic carbocycles. The fraction of sp³-hybridized carbons (Fsp3) is 0.429. The Kier molecular flexibility index (Phi) is 10.5. The monoisotopic (exact) mass is 467 g/mol. The van der Waals surface area contributed by atoms with E-state index in [1.165, 1.54) is 11.4 Å². The highest BCUT2D eigenvalue weighted by atomic mass is 16.3. The Labute approximate surface area is 204 Å². The Morgan fingerprint density at radius 2 is 1.65 bits per heavy atom. The number of carbonyl (C=O) groups excluding carboxylic acids is 2. The van der Waals surface area contributed by atoms with Crippen molar-refractivity contribution in [3.8, 4) is 5.75 Å². The second kappa shape index (κ2) is 12.4. The zero-order valence-electron chi connectivity index (χ0n) is 22.0. The van der Waals surface area contributed by atoms with Crippen molar-refractivity contribution in [2.24, 2.45) is 11.1 Å². The number of aromatic hydroxyl groups is 1. The number of aryl methyl sites for hydroxylation is 2. The Morgan fingerprint density at radius 1 is 1.12 bits per heavy atom. The Morgan fingerprint density at radius 3 is 2.12 bits per heavy atom. The zero-order chi connectivity index (χ0) is 26.2. The predicted octanol–water partition coefficient (Wildman–Crippen LogP) is 5.58. The summed E-state index contributed by atoms with van der Waals surface area (Å²) in [7, 11) is 0. The van der Waals surface area contributed by atoms with Crippen LogP contribution < -0.4 is 11.2 Å². The van der Waals surface area contributed by atoms with Crippen LogP contribution in [0.2, 0.25) is 0 Å². The van der Waals surface area contributed by atoms with E-state index in [9.17, 15) is 14.7 Å². The highest BCUT2D eigenvalue weighted by molar-refractivity contribution is 6.00. The number of rotatable bonds is 5. The van der Waals surface area contributed by atoms with Crippen molar-refractivity contribution >= 4 is 11.8 Å². The average molecular weight is 468 g/mol. The molecule has 6 nitrogen and oxygen atoms in total. The first-order chi connectivity index (χ1) is 15.8. The quantitative estimate of drug-likeness (QED) is 0.304. The van der Waals surface area contributed by atoms with Gasteiger partial charge in [-0.2, -0.15) is 0 Å². The molecule has 34 heavy (non-hydrogen) atoms. The first-order valence-electron chi connectivity index (χ1n) is 11.7. The highest BCUT2D eigenvalue weighted by Gasteiger charge is 2.33. The van der Waals surface area contributed by atoms with E-state index in [2.05, 4.69) is 25.9 Å². The van der Waals surface area contributed by atoms with Crippen LogP contribution in [-0.2, 0) is 6.42 Å². The molecule has 186 valence electrons. The van der Waals surface area contributed by atoms with E-state index in [4.69, 9.17) is 5.73 Å². The molecule has 0 fully saturated rings. The van der Waals surface area contributed by atoms with Gasteiger partial charge < -0.3 is 10.8 Å². The number of nitrogens with zero attached hydrogens (tertiary/aromatic N) is 1. The second-order valence-electron chi connectivity index (χ2n) is 9.75. The van der Waals surface area contributed by atoms with Gasteiger partial charge in [-0.3, -0.25) is 15.0 Å². The van der Waals surface area contributed by atoms with Gasteiger partial charge in [-0.1, -0.05) is 70.4 Å². The Balaban J connectivity index is 0.00000182. The molecule has 2 aromatic carbocycles. The lowest BCUT2D eigenvalue weighted by Gasteiger charge is -2.37. The number of allylic oxidation sites excluding steroid dienone is 1. The van der Waals surface area contributed by atoms with Gasteiger partial charge in [-0.15, -0.1) is 6.58 Å². The van der Waals surface area contributed by atoms with E-state index >= 15 is 0 Å². The molecule has 2 amide bonds. The van der Waals surface area contributed by atoms with Gasteiger partial charge in [0, 0.05) is 16.7 Å². The van der Waals surface area contributed by atoms with E-state index in [-0.39, 0.29) is 11.3 Å². The van der Waals surface area contributed by atoms with Crippen molar-refractivity contribution < 1.29 is 14.7 Å². The molecule has 0 saturated heterocycles. The molecule has 2 rings (SSSR count). The van der Waals surface area contributed by atoms with Gasteiger partial charge >= 0.3 is 0 Å². The van der Waals surface area contributed by atoms with E-state index < -0.39 is 23.4 Å². The van der Waals surface area contributed by atoms with Crippen molar-refractivity contribution in [3.05, 3.63) is 76.4 Å². The number of amides is 2. The summed E-state index contributed by atoms with van der Waals surface area (Å²) in [5.41, 5.74) is 12.3. The molecule has 0 saturated carbocycles. The molecular weight excluding hydrogens is 426 g/mol. The molecule has 1 unspecified atom stereocenters. The second-order valence-corrected chi connectivity index (χ2v) is 9.75. The highest BCUT2D eigenvalue weighted by Crippen LogP contribution is 2.27. The van der Waals surface area contributed by atoms with Crippen molar-refractivity contribution in [1.82, 2.24) is 10.4 Å². The van der Waals surface area contributed by atoms with Crippen LogP contribution in [0.3, 0.4) is 0 Å². The minimum Gasteiger partial charge on any atom is -0.507 e. The summed E-state index contributed by atoms with van der Waals surface area (Å²) >= 11 is 0. The van der Waals surface area contributed by atoms with E-state index in [1.807, 2.05) is 40.7 Å². The Bertz CT molecular complexity index is 1000. The lowest BCUT2D eigenvalue weighted by Crippen LogP contribution is -2.60. The first-order valence-corrected chi connectivity index (χ1v) is 11.7. The van der Waals surface area contributed by atoms with E-state index in [0.29, 0.717) is 23.1 Å². The van der Waals surface area contributed by atoms with Gasteiger partial charge in [-0.05, 0) is 56.4 Å². The van der Waals surface area contributed by atoms with Gasteiger partial charge in [0.05, 0.1) is 0 Å². The summed E-state index contributed by atoms with van der Waals surface area (Å²) < 4.78 is 0. The molecule has 0 spiro atoms. The van der Waals surface area contributed by atoms with Crippen molar-refractivity contribution in [1.29, 1.82) is 0 Å². The lowest BCUT2D eigenvalue weighted by atomic mass is 9.92. The number of phenolic OH excluding ortho intramolecular Hbond substituents is 1. The summed E-state index contributed by atoms with van der Waals surface area (Å²) in [6.07, 6.45) is 2.64. The van der Waals surface area contributed by atoms with Crippen LogP contribution in [0, 0.1) is 26.2 Å². The SMILES string of the molecule is C=CCc1ccc(C(=O)NN(C(=O)c2cc(C)cc(C)c2)C(N)C(C)(C)C)c(C)c1O.CCC. The smallest absolute Gasteiger partial charge is 0.273 e. The third kappa shape index (κ3) is 7.45. The fourth-order valence-electron chi connectivity index (χ4n) is 3.36.